The van der Waals surface area contributed by atoms with E-state index in [-0.39, 0.29) is 17.7 Å². The third-order valence-corrected chi connectivity index (χ3v) is 4.76. The maximum Gasteiger partial charge on any atom is 0.227 e. The summed E-state index contributed by atoms with van der Waals surface area (Å²) in [6, 6.07) is 6.08. The first kappa shape index (κ1) is 19.3. The number of amides is 2. The van der Waals surface area contributed by atoms with Gasteiger partial charge in [0.05, 0.1) is 13.5 Å². The lowest BCUT2D eigenvalue weighted by atomic mass is 9.99. The predicted octanol–water partition coefficient (Wildman–Crippen LogP) is 2.69. The molecule has 0 atom stereocenters. The number of methoxy groups -OCH3 is 1. The van der Waals surface area contributed by atoms with Crippen molar-refractivity contribution in [1.29, 1.82) is 0 Å². The molecule has 1 heterocycles. The number of hydrogen-bond acceptors (Lipinski definition) is 3. The highest BCUT2D eigenvalue weighted by atomic mass is 16.5. The molecule has 2 rings (SSSR count). The summed E-state index contributed by atoms with van der Waals surface area (Å²) in [5.74, 6) is 1.45. The molecule has 1 aromatic carbocycles. The van der Waals surface area contributed by atoms with Gasteiger partial charge in [0.2, 0.25) is 11.8 Å². The topological polar surface area (TPSA) is 49.9 Å². The van der Waals surface area contributed by atoms with Crippen LogP contribution in [0.15, 0.2) is 18.2 Å². The number of benzene rings is 1. The van der Waals surface area contributed by atoms with E-state index in [0.717, 1.165) is 11.3 Å². The van der Waals surface area contributed by atoms with Crippen LogP contribution in [0.5, 0.6) is 5.75 Å². The Morgan fingerprint density at radius 2 is 1.64 bits per heavy atom. The average Bonchev–Trinajstić information content (AvgIpc) is 2.61. The van der Waals surface area contributed by atoms with Gasteiger partial charge in [-0.3, -0.25) is 9.59 Å². The van der Waals surface area contributed by atoms with E-state index in [4.69, 9.17) is 4.74 Å². The largest absolute Gasteiger partial charge is 0.496 e. The van der Waals surface area contributed by atoms with Gasteiger partial charge >= 0.3 is 0 Å². The van der Waals surface area contributed by atoms with Crippen LogP contribution >= 0.6 is 0 Å². The first-order valence-corrected chi connectivity index (χ1v) is 9.06. The second-order valence-corrected chi connectivity index (χ2v) is 7.26. The van der Waals surface area contributed by atoms with Gasteiger partial charge in [0.1, 0.15) is 5.75 Å². The molecule has 2 amide bonds. The molecule has 0 aromatic heterocycles. The fourth-order valence-electron chi connectivity index (χ4n) is 3.08. The van der Waals surface area contributed by atoms with Crippen molar-refractivity contribution >= 4 is 11.8 Å². The Balaban J connectivity index is 1.98. The molecule has 25 heavy (non-hydrogen) atoms. The number of nitrogens with zero attached hydrogens (tertiary/aromatic N) is 2. The lowest BCUT2D eigenvalue weighted by molar-refractivity contribution is -0.141. The van der Waals surface area contributed by atoms with Crippen molar-refractivity contribution in [3.05, 3.63) is 29.3 Å². The van der Waals surface area contributed by atoms with Gasteiger partial charge in [0.25, 0.3) is 0 Å². The third kappa shape index (κ3) is 4.74. The highest BCUT2D eigenvalue weighted by molar-refractivity contribution is 5.81. The second-order valence-electron chi connectivity index (χ2n) is 7.26. The van der Waals surface area contributed by atoms with Crippen LogP contribution in [0.3, 0.4) is 0 Å². The van der Waals surface area contributed by atoms with Gasteiger partial charge in [0.15, 0.2) is 0 Å². The molecule has 0 bridgehead atoms. The molecule has 0 unspecified atom stereocenters. The van der Waals surface area contributed by atoms with Crippen molar-refractivity contribution in [3.8, 4) is 5.75 Å². The van der Waals surface area contributed by atoms with Gasteiger partial charge in [0, 0.05) is 37.7 Å². The summed E-state index contributed by atoms with van der Waals surface area (Å²) >= 11 is 0. The van der Waals surface area contributed by atoms with E-state index in [9.17, 15) is 9.59 Å². The number of carbonyl (C=O) groups is 2. The number of rotatable bonds is 5. The minimum absolute atomic E-state index is 0.00554. The van der Waals surface area contributed by atoms with Crippen LogP contribution in [0.2, 0.25) is 0 Å². The maximum absolute atomic E-state index is 12.6. The summed E-state index contributed by atoms with van der Waals surface area (Å²) in [5, 5.41) is 0. The maximum atomic E-state index is 12.6. The van der Waals surface area contributed by atoms with Gasteiger partial charge in [-0.15, -0.1) is 0 Å². The van der Waals surface area contributed by atoms with Crippen molar-refractivity contribution in [2.45, 2.75) is 40.0 Å². The zero-order valence-corrected chi connectivity index (χ0v) is 16.0. The smallest absolute Gasteiger partial charge is 0.227 e. The molecule has 5 heteroatoms. The summed E-state index contributed by atoms with van der Waals surface area (Å²) < 4.78 is 5.48. The number of ether oxygens (including phenoxy) is 1. The molecule has 0 saturated carbocycles. The molecular weight excluding hydrogens is 316 g/mol. The van der Waals surface area contributed by atoms with Gasteiger partial charge < -0.3 is 14.5 Å². The Kier molecular flexibility index (Phi) is 6.45. The summed E-state index contributed by atoms with van der Waals surface area (Å²) in [6.07, 6.45) is 0.333. The first-order chi connectivity index (χ1) is 11.8. The number of hydrogen-bond donors (Lipinski definition) is 0. The van der Waals surface area contributed by atoms with Gasteiger partial charge in [-0.2, -0.15) is 0 Å². The minimum atomic E-state index is 0.00554. The SMILES string of the molecule is COc1cc(C(C)C)ccc1CC(=O)N1CCN(C(=O)C(C)C)CC1. The summed E-state index contributed by atoms with van der Waals surface area (Å²) in [7, 11) is 1.64. The van der Waals surface area contributed by atoms with Crippen LogP contribution in [0.4, 0.5) is 0 Å². The van der Waals surface area contributed by atoms with Gasteiger partial charge in [-0.1, -0.05) is 39.8 Å². The van der Waals surface area contributed by atoms with E-state index in [1.807, 2.05) is 35.8 Å². The van der Waals surface area contributed by atoms with Crippen LogP contribution in [0.25, 0.3) is 0 Å². The van der Waals surface area contributed by atoms with Crippen molar-refractivity contribution in [1.82, 2.24) is 9.80 Å². The Labute approximate surface area is 150 Å². The lowest BCUT2D eigenvalue weighted by Crippen LogP contribution is -2.51. The molecule has 1 aliphatic heterocycles. The Morgan fingerprint density at radius 3 is 2.16 bits per heavy atom. The Morgan fingerprint density at radius 1 is 1.04 bits per heavy atom. The molecule has 0 spiro atoms. The van der Waals surface area contributed by atoms with Crippen LogP contribution in [0, 0.1) is 5.92 Å². The molecule has 1 fully saturated rings. The zero-order valence-electron chi connectivity index (χ0n) is 16.0. The van der Waals surface area contributed by atoms with E-state index in [0.29, 0.717) is 38.5 Å². The van der Waals surface area contributed by atoms with Crippen LogP contribution in [-0.4, -0.2) is 54.9 Å². The van der Waals surface area contributed by atoms with Crippen molar-refractivity contribution in [2.24, 2.45) is 5.92 Å². The third-order valence-electron chi connectivity index (χ3n) is 4.76. The van der Waals surface area contributed by atoms with Crippen LogP contribution in [-0.2, 0) is 16.0 Å². The zero-order chi connectivity index (χ0) is 18.6. The highest BCUT2D eigenvalue weighted by Crippen LogP contribution is 2.25. The fourth-order valence-corrected chi connectivity index (χ4v) is 3.08. The minimum Gasteiger partial charge on any atom is -0.496 e. The quantitative estimate of drug-likeness (QED) is 0.824. The fraction of sp³-hybridized carbons (Fsp3) is 0.600. The van der Waals surface area contributed by atoms with E-state index < -0.39 is 0 Å². The molecule has 5 nitrogen and oxygen atoms in total. The van der Waals surface area contributed by atoms with E-state index in [1.54, 1.807) is 7.11 Å². The molecule has 138 valence electrons. The molecular formula is C20H30N2O3. The van der Waals surface area contributed by atoms with Gasteiger partial charge in [-0.05, 0) is 17.5 Å². The van der Waals surface area contributed by atoms with Gasteiger partial charge in [-0.25, -0.2) is 0 Å². The molecule has 1 aliphatic rings. The number of piperazine rings is 1. The monoisotopic (exact) mass is 346 g/mol. The Hall–Kier alpha value is -2.04. The molecule has 1 saturated heterocycles. The van der Waals surface area contributed by atoms with Crippen LogP contribution < -0.4 is 4.74 Å². The molecule has 1 aromatic rings. The summed E-state index contributed by atoms with van der Waals surface area (Å²) in [5.41, 5.74) is 2.12. The lowest BCUT2D eigenvalue weighted by Gasteiger charge is -2.35. The van der Waals surface area contributed by atoms with E-state index in [2.05, 4.69) is 19.9 Å². The van der Waals surface area contributed by atoms with Crippen molar-refractivity contribution in [3.63, 3.8) is 0 Å². The first-order valence-electron chi connectivity index (χ1n) is 9.06. The van der Waals surface area contributed by atoms with E-state index in [1.165, 1.54) is 5.56 Å². The molecule has 0 radical (unpaired) electrons. The summed E-state index contributed by atoms with van der Waals surface area (Å²) in [4.78, 5) is 28.4. The Bertz CT molecular complexity index is 617. The normalized spacial score (nSPS) is 15.0. The van der Waals surface area contributed by atoms with Crippen LogP contribution in [0.1, 0.15) is 44.7 Å². The van der Waals surface area contributed by atoms with E-state index >= 15 is 0 Å². The second kappa shape index (κ2) is 8.37. The average molecular weight is 346 g/mol. The predicted molar refractivity (Wildman–Crippen MR) is 98.8 cm³/mol. The number of carbonyl (C=O) groups excluding carboxylic acids is 2. The van der Waals surface area contributed by atoms with Crippen molar-refractivity contribution in [2.75, 3.05) is 33.3 Å². The van der Waals surface area contributed by atoms with Crippen molar-refractivity contribution < 1.29 is 14.3 Å². The molecule has 0 N–H and O–H groups in total. The summed E-state index contributed by atoms with van der Waals surface area (Å²) in [6.45, 7) is 10.5. The molecule has 0 aliphatic carbocycles. The highest BCUT2D eigenvalue weighted by Gasteiger charge is 2.25. The standard InChI is InChI=1S/C20H30N2O3/c1-14(2)16-6-7-17(18(12-16)25-5)13-19(23)21-8-10-22(11-9-21)20(24)15(3)4/h6-7,12,14-15H,8-11,13H2,1-5H3.